The SMILES string of the molecule is CNS(=O)(=O)c1cccc(CNC(=O)c2cc(Cl)c(-n3cccc3)cc2OC)c1. The van der Waals surface area contributed by atoms with E-state index in [9.17, 15) is 13.2 Å². The van der Waals surface area contributed by atoms with Gasteiger partial charge in [0.15, 0.2) is 0 Å². The molecule has 0 aliphatic rings. The van der Waals surface area contributed by atoms with Gasteiger partial charge in [0.25, 0.3) is 5.91 Å². The zero-order valence-electron chi connectivity index (χ0n) is 15.8. The highest BCUT2D eigenvalue weighted by atomic mass is 35.5. The van der Waals surface area contributed by atoms with Gasteiger partial charge in [-0.15, -0.1) is 0 Å². The molecule has 0 fully saturated rings. The van der Waals surface area contributed by atoms with E-state index in [4.69, 9.17) is 16.3 Å². The first-order valence-electron chi connectivity index (χ1n) is 8.67. The number of hydrogen-bond donors (Lipinski definition) is 2. The fourth-order valence-electron chi connectivity index (χ4n) is 2.80. The number of methoxy groups -OCH3 is 1. The summed E-state index contributed by atoms with van der Waals surface area (Å²) in [7, 11) is -0.734. The maximum Gasteiger partial charge on any atom is 0.255 e. The summed E-state index contributed by atoms with van der Waals surface area (Å²) in [6.45, 7) is 0.145. The fourth-order valence-corrected chi connectivity index (χ4v) is 3.86. The minimum absolute atomic E-state index is 0.128. The van der Waals surface area contributed by atoms with Gasteiger partial charge in [-0.25, -0.2) is 13.1 Å². The Morgan fingerprint density at radius 2 is 1.86 bits per heavy atom. The lowest BCUT2D eigenvalue weighted by atomic mass is 10.1. The highest BCUT2D eigenvalue weighted by Gasteiger charge is 2.17. The van der Waals surface area contributed by atoms with Gasteiger partial charge in [-0.2, -0.15) is 0 Å². The molecule has 9 heteroatoms. The van der Waals surface area contributed by atoms with Crippen molar-refractivity contribution in [2.24, 2.45) is 0 Å². The number of nitrogens with one attached hydrogen (secondary N) is 2. The Hall–Kier alpha value is -2.81. The molecule has 152 valence electrons. The van der Waals surface area contributed by atoms with Crippen LogP contribution in [-0.4, -0.2) is 33.0 Å². The second kappa shape index (κ2) is 8.69. The van der Waals surface area contributed by atoms with Crippen molar-refractivity contribution in [3.8, 4) is 11.4 Å². The summed E-state index contributed by atoms with van der Waals surface area (Å²) >= 11 is 6.37. The summed E-state index contributed by atoms with van der Waals surface area (Å²) in [5, 5.41) is 3.17. The number of hydrogen-bond acceptors (Lipinski definition) is 4. The summed E-state index contributed by atoms with van der Waals surface area (Å²) in [5.41, 5.74) is 1.62. The van der Waals surface area contributed by atoms with Crippen molar-refractivity contribution < 1.29 is 17.9 Å². The summed E-state index contributed by atoms with van der Waals surface area (Å²) < 4.78 is 33.3. The molecule has 0 atom stereocenters. The summed E-state index contributed by atoms with van der Waals surface area (Å²) in [6, 6.07) is 13.3. The van der Waals surface area contributed by atoms with Crippen molar-refractivity contribution in [2.75, 3.05) is 14.2 Å². The van der Waals surface area contributed by atoms with Crippen LogP contribution in [0.5, 0.6) is 5.75 Å². The van der Waals surface area contributed by atoms with Crippen LogP contribution in [0.1, 0.15) is 15.9 Å². The molecule has 29 heavy (non-hydrogen) atoms. The minimum Gasteiger partial charge on any atom is -0.496 e. The smallest absolute Gasteiger partial charge is 0.255 e. The first-order valence-corrected chi connectivity index (χ1v) is 10.5. The summed E-state index contributed by atoms with van der Waals surface area (Å²) in [6.07, 6.45) is 3.68. The molecule has 7 nitrogen and oxygen atoms in total. The molecule has 0 unspecified atom stereocenters. The highest BCUT2D eigenvalue weighted by Crippen LogP contribution is 2.30. The Kier molecular flexibility index (Phi) is 6.26. The van der Waals surface area contributed by atoms with Crippen molar-refractivity contribution in [2.45, 2.75) is 11.4 Å². The number of rotatable bonds is 7. The third kappa shape index (κ3) is 4.61. The number of sulfonamides is 1. The number of benzene rings is 2. The van der Waals surface area contributed by atoms with Crippen LogP contribution < -0.4 is 14.8 Å². The molecule has 0 spiro atoms. The normalized spacial score (nSPS) is 11.3. The fraction of sp³-hybridized carbons (Fsp3) is 0.150. The minimum atomic E-state index is -3.56. The predicted molar refractivity (Wildman–Crippen MR) is 111 cm³/mol. The van der Waals surface area contributed by atoms with E-state index in [0.717, 1.165) is 0 Å². The number of aromatic nitrogens is 1. The molecular weight excluding hydrogens is 414 g/mol. The van der Waals surface area contributed by atoms with E-state index in [2.05, 4.69) is 10.0 Å². The molecule has 3 rings (SSSR count). The maximum atomic E-state index is 12.7. The first-order chi connectivity index (χ1) is 13.9. The quantitative estimate of drug-likeness (QED) is 0.599. The maximum absolute atomic E-state index is 12.7. The van der Waals surface area contributed by atoms with Gasteiger partial charge in [0, 0.05) is 25.0 Å². The van der Waals surface area contributed by atoms with Crippen LogP contribution in [0.4, 0.5) is 0 Å². The number of nitrogens with zero attached hydrogens (tertiary/aromatic N) is 1. The number of carbonyl (C=O) groups excluding carboxylic acids is 1. The van der Waals surface area contributed by atoms with E-state index in [-0.39, 0.29) is 22.9 Å². The molecule has 1 heterocycles. The van der Waals surface area contributed by atoms with Crippen molar-refractivity contribution in [1.29, 1.82) is 0 Å². The first kappa shape index (κ1) is 20.9. The van der Waals surface area contributed by atoms with Crippen LogP contribution in [0.2, 0.25) is 5.02 Å². The van der Waals surface area contributed by atoms with Crippen LogP contribution >= 0.6 is 11.6 Å². The van der Waals surface area contributed by atoms with E-state index in [1.807, 2.05) is 29.1 Å². The monoisotopic (exact) mass is 433 g/mol. The highest BCUT2D eigenvalue weighted by molar-refractivity contribution is 7.89. The van der Waals surface area contributed by atoms with E-state index in [1.54, 1.807) is 24.3 Å². The number of carbonyl (C=O) groups is 1. The van der Waals surface area contributed by atoms with Gasteiger partial charge in [-0.3, -0.25) is 4.79 Å². The topological polar surface area (TPSA) is 89.4 Å². The van der Waals surface area contributed by atoms with Crippen LogP contribution in [0, 0.1) is 0 Å². The molecular formula is C20H20ClN3O4S. The second-order valence-corrected chi connectivity index (χ2v) is 8.43. The molecule has 2 N–H and O–H groups in total. The Morgan fingerprint density at radius 3 is 2.52 bits per heavy atom. The molecule has 0 radical (unpaired) electrons. The number of halogens is 1. The average Bonchev–Trinajstić information content (AvgIpc) is 3.26. The van der Waals surface area contributed by atoms with Gasteiger partial charge >= 0.3 is 0 Å². The third-order valence-corrected chi connectivity index (χ3v) is 6.04. The van der Waals surface area contributed by atoms with E-state index in [0.29, 0.717) is 22.0 Å². The molecule has 0 saturated carbocycles. The Balaban J connectivity index is 1.81. The van der Waals surface area contributed by atoms with E-state index in [1.165, 1.54) is 26.3 Å². The van der Waals surface area contributed by atoms with Crippen LogP contribution in [0.25, 0.3) is 5.69 Å². The number of amides is 1. The van der Waals surface area contributed by atoms with Crippen molar-refractivity contribution in [1.82, 2.24) is 14.6 Å². The molecule has 1 aromatic heterocycles. The van der Waals surface area contributed by atoms with Crippen molar-refractivity contribution in [3.05, 3.63) is 77.1 Å². The van der Waals surface area contributed by atoms with Gasteiger partial charge in [-0.1, -0.05) is 23.7 Å². The van der Waals surface area contributed by atoms with Gasteiger partial charge in [0.1, 0.15) is 5.75 Å². The predicted octanol–water partition coefficient (Wildman–Crippen LogP) is 2.98. The molecule has 2 aromatic carbocycles. The molecule has 0 aliphatic heterocycles. The standard InChI is InChI=1S/C20H20ClN3O4S/c1-22-29(26,27)15-7-5-6-14(10-15)13-23-20(25)16-11-17(21)18(12-19(16)28-2)24-8-3-4-9-24/h3-12,22H,13H2,1-2H3,(H,23,25). The lowest BCUT2D eigenvalue weighted by Gasteiger charge is -2.14. The van der Waals surface area contributed by atoms with Gasteiger partial charge in [0.05, 0.1) is 28.3 Å². The van der Waals surface area contributed by atoms with E-state index < -0.39 is 10.0 Å². The van der Waals surface area contributed by atoms with Gasteiger partial charge < -0.3 is 14.6 Å². The van der Waals surface area contributed by atoms with Crippen LogP contribution in [0.15, 0.2) is 65.8 Å². The molecule has 1 amide bonds. The Morgan fingerprint density at radius 1 is 1.14 bits per heavy atom. The largest absolute Gasteiger partial charge is 0.496 e. The average molecular weight is 434 g/mol. The molecule has 0 bridgehead atoms. The lowest BCUT2D eigenvalue weighted by Crippen LogP contribution is -2.24. The van der Waals surface area contributed by atoms with E-state index >= 15 is 0 Å². The van der Waals surface area contributed by atoms with Gasteiger partial charge in [0.2, 0.25) is 10.0 Å². The summed E-state index contributed by atoms with van der Waals surface area (Å²) in [4.78, 5) is 12.8. The third-order valence-electron chi connectivity index (χ3n) is 4.33. The Bertz CT molecular complexity index is 1130. The van der Waals surface area contributed by atoms with Crippen LogP contribution in [-0.2, 0) is 16.6 Å². The second-order valence-electron chi connectivity index (χ2n) is 6.13. The van der Waals surface area contributed by atoms with Crippen molar-refractivity contribution in [3.63, 3.8) is 0 Å². The molecule has 0 aliphatic carbocycles. The number of ether oxygens (including phenoxy) is 1. The van der Waals surface area contributed by atoms with Crippen LogP contribution in [0.3, 0.4) is 0 Å². The molecule has 3 aromatic rings. The van der Waals surface area contributed by atoms with Gasteiger partial charge in [-0.05, 0) is 42.9 Å². The zero-order chi connectivity index (χ0) is 21.0. The molecule has 0 saturated heterocycles. The lowest BCUT2D eigenvalue weighted by molar-refractivity contribution is 0.0948. The summed E-state index contributed by atoms with van der Waals surface area (Å²) in [5.74, 6) is -0.00760. The Labute approximate surface area is 174 Å². The van der Waals surface area contributed by atoms with Crippen molar-refractivity contribution >= 4 is 27.5 Å². The zero-order valence-corrected chi connectivity index (χ0v) is 17.4.